The van der Waals surface area contributed by atoms with Crippen LogP contribution in [0.1, 0.15) is 6.42 Å². The first-order chi connectivity index (χ1) is 9.25. The lowest BCUT2D eigenvalue weighted by molar-refractivity contribution is 0.370. The average molecular weight is 300 g/mol. The summed E-state index contributed by atoms with van der Waals surface area (Å²) in [5.74, 6) is 0. The van der Waals surface area contributed by atoms with Crippen LogP contribution < -0.4 is 5.46 Å². The molecule has 0 atom stereocenters. The molecule has 0 aliphatic carbocycles. The minimum atomic E-state index is -3.53. The molecule has 0 fully saturated rings. The summed E-state index contributed by atoms with van der Waals surface area (Å²) in [6, 6.07) is 5.55. The molecule has 0 radical (unpaired) electrons. The van der Waals surface area contributed by atoms with Gasteiger partial charge in [-0.1, -0.05) is 12.1 Å². The lowest BCUT2D eigenvalue weighted by atomic mass is 9.81. The van der Waals surface area contributed by atoms with Gasteiger partial charge in [-0.3, -0.25) is 0 Å². The second kappa shape index (κ2) is 7.19. The Bertz CT molecular complexity index is 517. The normalized spacial score (nSPS) is 12.2. The predicted molar refractivity (Wildman–Crippen MR) is 79.3 cm³/mol. The highest BCUT2D eigenvalue weighted by Gasteiger charge is 2.21. The Hall–Kier alpha value is -0.925. The molecule has 0 saturated carbocycles. The number of hydrogen-bond donors (Lipinski definition) is 2. The highest BCUT2D eigenvalue weighted by molar-refractivity contribution is 7.89. The molecular weight excluding hydrogens is 279 g/mol. The van der Waals surface area contributed by atoms with Gasteiger partial charge < -0.3 is 14.9 Å². The average Bonchev–Trinajstić information content (AvgIpc) is 2.38. The van der Waals surface area contributed by atoms with Crippen LogP contribution in [-0.4, -0.2) is 69.0 Å². The summed E-state index contributed by atoms with van der Waals surface area (Å²) >= 11 is 0. The molecule has 0 aromatic heterocycles. The molecule has 112 valence electrons. The fourth-order valence-electron chi connectivity index (χ4n) is 1.72. The van der Waals surface area contributed by atoms with Crippen molar-refractivity contribution in [1.82, 2.24) is 9.21 Å². The summed E-state index contributed by atoms with van der Waals surface area (Å²) in [5, 5.41) is 18.0. The summed E-state index contributed by atoms with van der Waals surface area (Å²) in [6.07, 6.45) is 0.746. The van der Waals surface area contributed by atoms with Crippen LogP contribution >= 0.6 is 0 Å². The van der Waals surface area contributed by atoms with Gasteiger partial charge in [0.15, 0.2) is 0 Å². The SMILES string of the molecule is CN(C)CCCN(C)S(=O)(=O)c1ccc(B(O)O)cc1. The van der Waals surface area contributed by atoms with Gasteiger partial charge in [0.2, 0.25) is 10.0 Å². The van der Waals surface area contributed by atoms with Gasteiger partial charge in [-0.25, -0.2) is 12.7 Å². The second-order valence-electron chi connectivity index (χ2n) is 4.93. The molecule has 0 aliphatic rings. The van der Waals surface area contributed by atoms with Crippen LogP contribution in [0, 0.1) is 0 Å². The van der Waals surface area contributed by atoms with E-state index in [1.54, 1.807) is 7.05 Å². The number of sulfonamides is 1. The van der Waals surface area contributed by atoms with Crippen molar-refractivity contribution in [3.05, 3.63) is 24.3 Å². The molecule has 20 heavy (non-hydrogen) atoms. The van der Waals surface area contributed by atoms with E-state index in [0.29, 0.717) is 6.54 Å². The van der Waals surface area contributed by atoms with Crippen LogP contribution in [0.2, 0.25) is 0 Å². The molecule has 1 aromatic carbocycles. The Morgan fingerprint density at radius 3 is 2.05 bits per heavy atom. The monoisotopic (exact) mass is 300 g/mol. The topological polar surface area (TPSA) is 81.1 Å². The smallest absolute Gasteiger partial charge is 0.423 e. The van der Waals surface area contributed by atoms with Gasteiger partial charge in [-0.15, -0.1) is 0 Å². The second-order valence-corrected chi connectivity index (χ2v) is 6.97. The van der Waals surface area contributed by atoms with Gasteiger partial charge in [-0.05, 0) is 44.7 Å². The number of hydrogen-bond acceptors (Lipinski definition) is 5. The molecule has 0 amide bonds. The molecule has 0 saturated heterocycles. The largest absolute Gasteiger partial charge is 0.488 e. The molecule has 0 aliphatic heterocycles. The molecule has 8 heteroatoms. The minimum Gasteiger partial charge on any atom is -0.423 e. The first-order valence-electron chi connectivity index (χ1n) is 6.32. The lowest BCUT2D eigenvalue weighted by Crippen LogP contribution is -2.32. The highest BCUT2D eigenvalue weighted by atomic mass is 32.2. The van der Waals surface area contributed by atoms with Crippen molar-refractivity contribution in [1.29, 1.82) is 0 Å². The molecule has 1 aromatic rings. The zero-order valence-corrected chi connectivity index (χ0v) is 12.8. The first-order valence-corrected chi connectivity index (χ1v) is 7.76. The van der Waals surface area contributed by atoms with E-state index in [1.165, 1.54) is 28.6 Å². The fourth-order valence-corrected chi connectivity index (χ4v) is 2.93. The zero-order valence-electron chi connectivity index (χ0n) is 12.0. The van der Waals surface area contributed by atoms with Gasteiger partial charge >= 0.3 is 7.12 Å². The molecule has 0 unspecified atom stereocenters. The van der Waals surface area contributed by atoms with E-state index in [9.17, 15) is 8.42 Å². The van der Waals surface area contributed by atoms with Gasteiger partial charge in [0.1, 0.15) is 0 Å². The maximum atomic E-state index is 12.3. The van der Waals surface area contributed by atoms with Gasteiger partial charge in [-0.2, -0.15) is 0 Å². The minimum absolute atomic E-state index is 0.147. The Morgan fingerprint density at radius 1 is 1.05 bits per heavy atom. The first kappa shape index (κ1) is 17.1. The lowest BCUT2D eigenvalue weighted by Gasteiger charge is -2.18. The number of nitrogens with zero attached hydrogens (tertiary/aromatic N) is 2. The van der Waals surface area contributed by atoms with E-state index in [1.807, 2.05) is 19.0 Å². The molecule has 0 bridgehead atoms. The summed E-state index contributed by atoms with van der Waals surface area (Å²) in [4.78, 5) is 2.15. The van der Waals surface area contributed by atoms with Crippen LogP contribution in [0.3, 0.4) is 0 Å². The molecule has 1 rings (SSSR count). The molecule has 2 N–H and O–H groups in total. The summed E-state index contributed by atoms with van der Waals surface area (Å²) in [5.41, 5.74) is 0.263. The fraction of sp³-hybridized carbons (Fsp3) is 0.500. The van der Waals surface area contributed by atoms with E-state index in [4.69, 9.17) is 10.0 Å². The Kier molecular flexibility index (Phi) is 6.16. The predicted octanol–water partition coefficient (Wildman–Crippen LogP) is -1.06. The van der Waals surface area contributed by atoms with E-state index in [-0.39, 0.29) is 10.4 Å². The maximum absolute atomic E-state index is 12.3. The molecular formula is C12H21BN2O4S. The maximum Gasteiger partial charge on any atom is 0.488 e. The quantitative estimate of drug-likeness (QED) is 0.627. The Balaban J connectivity index is 2.76. The number of benzene rings is 1. The standard InChI is InChI=1S/C12H21BN2O4S/c1-14(2)9-4-10-15(3)20(18,19)12-7-5-11(6-8-12)13(16)17/h5-8,16-17H,4,9-10H2,1-3H3. The van der Waals surface area contributed by atoms with Crippen molar-refractivity contribution in [2.24, 2.45) is 0 Å². The van der Waals surface area contributed by atoms with Crippen molar-refractivity contribution in [3.8, 4) is 0 Å². The van der Waals surface area contributed by atoms with E-state index >= 15 is 0 Å². The van der Waals surface area contributed by atoms with Crippen LogP contribution in [0.4, 0.5) is 0 Å². The van der Waals surface area contributed by atoms with Crippen molar-refractivity contribution >= 4 is 22.6 Å². The third-order valence-electron chi connectivity index (χ3n) is 2.96. The van der Waals surface area contributed by atoms with Crippen molar-refractivity contribution in [2.75, 3.05) is 34.2 Å². The summed E-state index contributed by atoms with van der Waals surface area (Å²) in [7, 11) is 0.296. The summed E-state index contributed by atoms with van der Waals surface area (Å²) < 4.78 is 25.9. The molecule has 6 nitrogen and oxygen atoms in total. The summed E-state index contributed by atoms with van der Waals surface area (Å²) in [6.45, 7) is 1.25. The van der Waals surface area contributed by atoms with Crippen LogP contribution in [0.15, 0.2) is 29.2 Å². The van der Waals surface area contributed by atoms with Gasteiger partial charge in [0, 0.05) is 13.6 Å². The Morgan fingerprint density at radius 2 is 1.60 bits per heavy atom. The van der Waals surface area contributed by atoms with Crippen LogP contribution in [0.25, 0.3) is 0 Å². The van der Waals surface area contributed by atoms with Crippen LogP contribution in [0.5, 0.6) is 0 Å². The van der Waals surface area contributed by atoms with Gasteiger partial charge in [0.05, 0.1) is 4.90 Å². The Labute approximate surface area is 120 Å². The third kappa shape index (κ3) is 4.57. The van der Waals surface area contributed by atoms with Crippen molar-refractivity contribution in [3.63, 3.8) is 0 Å². The van der Waals surface area contributed by atoms with Crippen LogP contribution in [-0.2, 0) is 10.0 Å². The third-order valence-corrected chi connectivity index (χ3v) is 4.84. The van der Waals surface area contributed by atoms with Gasteiger partial charge in [0.25, 0.3) is 0 Å². The van der Waals surface area contributed by atoms with E-state index in [2.05, 4.69) is 0 Å². The van der Waals surface area contributed by atoms with Crippen molar-refractivity contribution < 1.29 is 18.5 Å². The molecule has 0 heterocycles. The van der Waals surface area contributed by atoms with E-state index in [0.717, 1.165) is 13.0 Å². The van der Waals surface area contributed by atoms with E-state index < -0.39 is 17.1 Å². The highest BCUT2D eigenvalue weighted by Crippen LogP contribution is 2.13. The zero-order chi connectivity index (χ0) is 15.3. The number of rotatable bonds is 7. The molecule has 0 spiro atoms. The van der Waals surface area contributed by atoms with Crippen molar-refractivity contribution in [2.45, 2.75) is 11.3 Å².